The molecule has 7 heteroatoms. The third-order valence-electron chi connectivity index (χ3n) is 2.63. The van der Waals surface area contributed by atoms with Crippen molar-refractivity contribution in [2.45, 2.75) is 38.5 Å². The first-order valence-electron chi connectivity index (χ1n) is 5.96. The molecule has 19 heavy (non-hydrogen) atoms. The van der Waals surface area contributed by atoms with Gasteiger partial charge in [-0.3, -0.25) is 0 Å². The van der Waals surface area contributed by atoms with Crippen molar-refractivity contribution in [2.75, 3.05) is 0 Å². The molecule has 0 aliphatic rings. The van der Waals surface area contributed by atoms with Crippen molar-refractivity contribution in [1.82, 2.24) is 4.72 Å². The molecule has 106 valence electrons. The summed E-state index contributed by atoms with van der Waals surface area (Å²) in [5.74, 6) is -0.559. The first kappa shape index (κ1) is 16.5. The molecule has 0 heterocycles. The van der Waals surface area contributed by atoms with Crippen LogP contribution in [0.15, 0.2) is 18.2 Å². The monoisotopic (exact) mass is 287 g/mol. The molecule has 0 saturated heterocycles. The van der Waals surface area contributed by atoms with Crippen LogP contribution in [-0.2, 0) is 11.4 Å². The van der Waals surface area contributed by atoms with E-state index in [1.165, 1.54) is 12.1 Å². The molecule has 4 nitrogen and oxygen atoms in total. The van der Waals surface area contributed by atoms with Gasteiger partial charge in [-0.05, 0) is 39.2 Å². The summed E-state index contributed by atoms with van der Waals surface area (Å²) >= 11 is -1.31. The Morgan fingerprint density at radius 3 is 2.37 bits per heavy atom. The summed E-state index contributed by atoms with van der Waals surface area (Å²) in [6, 6.07) is 3.52. The van der Waals surface area contributed by atoms with Crippen LogP contribution >= 0.6 is 0 Å². The number of hydrogen-bond donors (Lipinski definition) is 3. The van der Waals surface area contributed by atoms with Gasteiger partial charge in [0.1, 0.15) is 10.6 Å². The fourth-order valence-corrected chi connectivity index (χ4v) is 2.26. The van der Waals surface area contributed by atoms with Gasteiger partial charge in [0, 0.05) is 16.9 Å². The van der Waals surface area contributed by atoms with Crippen molar-refractivity contribution < 1.29 is 19.0 Å². The summed E-state index contributed by atoms with van der Waals surface area (Å²) in [6.45, 7) is 7.18. The maximum absolute atomic E-state index is 13.8. The van der Waals surface area contributed by atoms with Gasteiger partial charge in [0.15, 0.2) is 0 Å². The highest BCUT2D eigenvalue weighted by atomic mass is 32.2. The Morgan fingerprint density at radius 2 is 1.95 bits per heavy atom. The lowest BCUT2D eigenvalue weighted by molar-refractivity contribution is 0.425. The highest BCUT2D eigenvalue weighted by Gasteiger charge is 2.29. The van der Waals surface area contributed by atoms with Crippen LogP contribution in [-0.4, -0.2) is 26.5 Å². The van der Waals surface area contributed by atoms with E-state index in [-0.39, 0.29) is 5.46 Å². The molecule has 1 unspecified atom stereocenters. The first-order chi connectivity index (χ1) is 8.62. The highest BCUT2D eigenvalue weighted by Crippen LogP contribution is 2.21. The summed E-state index contributed by atoms with van der Waals surface area (Å²) in [5.41, 5.74) is 0.424. The van der Waals surface area contributed by atoms with Crippen LogP contribution in [0, 0.1) is 5.82 Å². The van der Waals surface area contributed by atoms with Crippen LogP contribution in [0.25, 0.3) is 0 Å². The summed E-state index contributed by atoms with van der Waals surface area (Å²) in [7, 11) is -1.70. The van der Waals surface area contributed by atoms with Crippen molar-refractivity contribution in [3.8, 4) is 0 Å². The summed E-state index contributed by atoms with van der Waals surface area (Å²) in [5, 5.41) is 17.9. The van der Waals surface area contributed by atoms with Crippen LogP contribution in [0.2, 0.25) is 0 Å². The molecule has 0 spiro atoms. The van der Waals surface area contributed by atoms with E-state index in [0.29, 0.717) is 5.56 Å². The second kappa shape index (κ2) is 6.24. The third kappa shape index (κ3) is 4.47. The fraction of sp³-hybridized carbons (Fsp3) is 0.500. The summed E-state index contributed by atoms with van der Waals surface area (Å²) in [4.78, 5) is 0. The minimum atomic E-state index is -1.70. The predicted octanol–water partition coefficient (Wildman–Crippen LogP) is 0.618. The molecule has 0 bridgehead atoms. The van der Waals surface area contributed by atoms with E-state index in [2.05, 4.69) is 4.72 Å². The summed E-state index contributed by atoms with van der Waals surface area (Å²) in [6.07, 6.45) is 0. The molecule has 0 radical (unpaired) electrons. The third-order valence-corrected chi connectivity index (χ3v) is 4.31. The van der Waals surface area contributed by atoms with E-state index in [1.54, 1.807) is 6.92 Å². The smallest absolute Gasteiger partial charge is 0.488 e. The molecule has 0 saturated carbocycles. The van der Waals surface area contributed by atoms with E-state index in [9.17, 15) is 8.94 Å². The largest absolute Gasteiger partial charge is 0.598 e. The van der Waals surface area contributed by atoms with Crippen LogP contribution in [0.4, 0.5) is 4.39 Å². The van der Waals surface area contributed by atoms with Crippen LogP contribution in [0.3, 0.4) is 0 Å². The Hall–Kier alpha value is -0.595. The van der Waals surface area contributed by atoms with Gasteiger partial charge in [0.05, 0.1) is 6.04 Å². The lowest BCUT2D eigenvalue weighted by atomic mass is 9.79. The average Bonchev–Trinajstić information content (AvgIpc) is 2.26. The van der Waals surface area contributed by atoms with Crippen molar-refractivity contribution in [2.24, 2.45) is 0 Å². The van der Waals surface area contributed by atoms with Gasteiger partial charge >= 0.3 is 7.12 Å². The van der Waals surface area contributed by atoms with Crippen molar-refractivity contribution >= 4 is 23.9 Å². The van der Waals surface area contributed by atoms with Crippen molar-refractivity contribution in [3.63, 3.8) is 0 Å². The van der Waals surface area contributed by atoms with E-state index >= 15 is 0 Å². The van der Waals surface area contributed by atoms with Gasteiger partial charge in [-0.15, -0.1) is 4.72 Å². The van der Waals surface area contributed by atoms with Gasteiger partial charge < -0.3 is 14.6 Å². The van der Waals surface area contributed by atoms with Gasteiger partial charge in [0.25, 0.3) is 0 Å². The van der Waals surface area contributed by atoms with Crippen LogP contribution in [0.5, 0.6) is 0 Å². The lowest BCUT2D eigenvalue weighted by Crippen LogP contribution is -2.41. The molecule has 0 amide bonds. The Balaban J connectivity index is 2.86. The Bertz CT molecular complexity index is 439. The molecule has 1 aromatic carbocycles. The maximum Gasteiger partial charge on any atom is 0.488 e. The maximum atomic E-state index is 13.8. The molecule has 0 aliphatic heterocycles. The SMILES string of the molecule is CC(N[S@+]([O-])C(C)(C)C)c1ccc(B(O)O)cc1F. The standard InChI is InChI=1S/C12H19BFNO3S/c1-8(15-19(18)12(2,3)4)10-6-5-9(13(16)17)7-11(10)14/h5-8,15-17H,1-4H3/t8?,19-/m1/s1. The highest BCUT2D eigenvalue weighted by molar-refractivity contribution is 7.90. The number of hydrogen-bond acceptors (Lipinski definition) is 4. The van der Waals surface area contributed by atoms with Gasteiger partial charge in [-0.1, -0.05) is 12.1 Å². The lowest BCUT2D eigenvalue weighted by Gasteiger charge is -2.26. The molecular weight excluding hydrogens is 268 g/mol. The van der Waals surface area contributed by atoms with E-state index in [4.69, 9.17) is 10.0 Å². The van der Waals surface area contributed by atoms with Gasteiger partial charge in [-0.25, -0.2) is 4.39 Å². The molecule has 0 fully saturated rings. The van der Waals surface area contributed by atoms with E-state index in [1.807, 2.05) is 20.8 Å². The normalized spacial score (nSPS) is 15.2. The molecular formula is C12H19BFNO3S. The zero-order valence-corrected chi connectivity index (χ0v) is 12.3. The van der Waals surface area contributed by atoms with Crippen molar-refractivity contribution in [1.29, 1.82) is 0 Å². The summed E-state index contributed by atoms with van der Waals surface area (Å²) < 4.78 is 28.2. The first-order valence-corrected chi connectivity index (χ1v) is 7.11. The Kier molecular flexibility index (Phi) is 5.40. The Morgan fingerprint density at radius 1 is 1.37 bits per heavy atom. The van der Waals surface area contributed by atoms with Crippen LogP contribution in [0.1, 0.15) is 39.3 Å². The topological polar surface area (TPSA) is 75.5 Å². The molecule has 1 aromatic rings. The Labute approximate surface area is 116 Å². The number of benzene rings is 1. The molecule has 2 atom stereocenters. The average molecular weight is 287 g/mol. The van der Waals surface area contributed by atoms with E-state index in [0.717, 1.165) is 6.07 Å². The zero-order chi connectivity index (χ0) is 14.8. The second-order valence-electron chi connectivity index (χ2n) is 5.38. The number of rotatable bonds is 4. The zero-order valence-electron chi connectivity index (χ0n) is 11.5. The van der Waals surface area contributed by atoms with Crippen molar-refractivity contribution in [3.05, 3.63) is 29.6 Å². The van der Waals surface area contributed by atoms with Crippen LogP contribution < -0.4 is 10.2 Å². The number of halogens is 1. The minimum Gasteiger partial charge on any atom is -0.598 e. The van der Waals surface area contributed by atoms with E-state index < -0.39 is 35.1 Å². The molecule has 0 aliphatic carbocycles. The molecule has 0 aromatic heterocycles. The minimum absolute atomic E-state index is 0.0883. The van der Waals surface area contributed by atoms with Gasteiger partial charge in [-0.2, -0.15) is 0 Å². The number of nitrogens with one attached hydrogen (secondary N) is 1. The fourth-order valence-electron chi connectivity index (χ4n) is 1.46. The predicted molar refractivity (Wildman–Crippen MR) is 75.7 cm³/mol. The van der Waals surface area contributed by atoms with Gasteiger partial charge in [0.2, 0.25) is 0 Å². The second-order valence-corrected chi connectivity index (χ2v) is 7.37. The quantitative estimate of drug-likeness (QED) is 0.560. The molecule has 1 rings (SSSR count). The molecule has 3 N–H and O–H groups in total.